The summed E-state index contributed by atoms with van der Waals surface area (Å²) in [5.41, 5.74) is 3.22. The molecule has 0 aliphatic heterocycles. The van der Waals surface area contributed by atoms with E-state index in [9.17, 15) is 4.79 Å². The maximum absolute atomic E-state index is 12.1. The van der Waals surface area contributed by atoms with Crippen LogP contribution >= 0.6 is 0 Å². The van der Waals surface area contributed by atoms with E-state index in [1.807, 2.05) is 7.05 Å². The molecule has 4 aliphatic carbocycles. The highest BCUT2D eigenvalue weighted by atomic mass is 16.5. The normalized spacial score (nSPS) is 37.8. The molecule has 0 aromatic carbocycles. The summed E-state index contributed by atoms with van der Waals surface area (Å²) in [6, 6.07) is 0. The van der Waals surface area contributed by atoms with Crippen LogP contribution in [0.5, 0.6) is 0 Å². The van der Waals surface area contributed by atoms with Crippen molar-refractivity contribution in [3.63, 3.8) is 0 Å². The summed E-state index contributed by atoms with van der Waals surface area (Å²) < 4.78 is 6.32. The number of rotatable bonds is 10. The van der Waals surface area contributed by atoms with Crippen molar-refractivity contribution in [2.24, 2.45) is 46.3 Å². The predicted molar refractivity (Wildman–Crippen MR) is 155 cm³/mol. The molecule has 3 heteroatoms. The number of amides is 1. The number of nitrogens with zero attached hydrogens (tertiary/aromatic N) is 1. The summed E-state index contributed by atoms with van der Waals surface area (Å²) in [5, 5.41) is 0. The van der Waals surface area contributed by atoms with Crippen molar-refractivity contribution in [3.8, 4) is 0 Å². The maximum atomic E-state index is 12.1. The van der Waals surface area contributed by atoms with Crippen LogP contribution in [0.4, 0.5) is 0 Å². The lowest BCUT2D eigenvalue weighted by Gasteiger charge is -2.58. The average Bonchev–Trinajstić information content (AvgIpc) is 3.20. The zero-order valence-electron chi connectivity index (χ0n) is 25.3. The highest BCUT2D eigenvalue weighted by Crippen LogP contribution is 2.67. The summed E-state index contributed by atoms with van der Waals surface area (Å²) in [6.07, 6.45) is 17.8. The molecule has 3 fully saturated rings. The molecule has 3 nitrogen and oxygen atoms in total. The van der Waals surface area contributed by atoms with Crippen LogP contribution in [0, 0.1) is 46.3 Å². The van der Waals surface area contributed by atoms with Gasteiger partial charge in [0.1, 0.15) is 0 Å². The maximum Gasteiger partial charge on any atom is 0.248 e. The minimum absolute atomic E-state index is 0.0178. The first-order valence-electron chi connectivity index (χ1n) is 15.7. The number of hydrogen-bond donors (Lipinski definition) is 0. The summed E-state index contributed by atoms with van der Waals surface area (Å²) in [5.74, 6) is 5.35. The Kier molecular flexibility index (Phi) is 9.04. The summed E-state index contributed by atoms with van der Waals surface area (Å²) in [4.78, 5) is 13.8. The third kappa shape index (κ3) is 5.78. The second-order valence-electron chi connectivity index (χ2n) is 14.5. The van der Waals surface area contributed by atoms with Gasteiger partial charge in [0.15, 0.2) is 0 Å². The van der Waals surface area contributed by atoms with Gasteiger partial charge in [-0.05, 0) is 105 Å². The molecule has 0 N–H and O–H groups in total. The fourth-order valence-electron chi connectivity index (χ4n) is 9.58. The molecule has 0 saturated heterocycles. The minimum atomic E-state index is 0.0178. The van der Waals surface area contributed by atoms with Crippen LogP contribution in [0.2, 0.25) is 0 Å². The first-order valence-corrected chi connectivity index (χ1v) is 15.7. The van der Waals surface area contributed by atoms with E-state index in [1.165, 1.54) is 57.8 Å². The van der Waals surface area contributed by atoms with E-state index in [4.69, 9.17) is 4.74 Å². The van der Waals surface area contributed by atoms with Gasteiger partial charge in [0.05, 0.1) is 12.7 Å². The molecule has 8 atom stereocenters. The lowest BCUT2D eigenvalue weighted by molar-refractivity contribution is -0.127. The Morgan fingerprint density at radius 1 is 1.11 bits per heavy atom. The molecule has 0 radical (unpaired) electrons. The number of allylic oxidation sites excluding steroid dienone is 1. The number of hydrogen-bond acceptors (Lipinski definition) is 2. The van der Waals surface area contributed by atoms with Crippen LogP contribution in [0.15, 0.2) is 23.8 Å². The van der Waals surface area contributed by atoms with Gasteiger partial charge in [-0.15, -0.1) is 0 Å². The van der Waals surface area contributed by atoms with Crippen LogP contribution in [0.25, 0.3) is 0 Å². The fraction of sp³-hybridized carbons (Fsp3) is 0.853. The van der Waals surface area contributed by atoms with Crippen molar-refractivity contribution < 1.29 is 9.53 Å². The van der Waals surface area contributed by atoms with E-state index in [0.29, 0.717) is 35.7 Å². The molecule has 0 bridgehead atoms. The van der Waals surface area contributed by atoms with Crippen LogP contribution in [-0.4, -0.2) is 37.1 Å². The SMILES string of the molecule is C=C(C)C(=O)N(C)CCO[C@H]1CC[C@@]2(C)C(=CC[C@@H]3[C@@H]2CC[C@]2(C)C([C@H](C)CCCC(C)C)CC[C@@H]32)C1. The van der Waals surface area contributed by atoms with Crippen LogP contribution < -0.4 is 0 Å². The van der Waals surface area contributed by atoms with Gasteiger partial charge in [-0.3, -0.25) is 4.79 Å². The van der Waals surface area contributed by atoms with Gasteiger partial charge in [-0.2, -0.15) is 0 Å². The van der Waals surface area contributed by atoms with Gasteiger partial charge in [0, 0.05) is 19.2 Å². The molecule has 0 aromatic heterocycles. The third-order valence-electron chi connectivity index (χ3n) is 11.8. The van der Waals surface area contributed by atoms with Crippen LogP contribution in [-0.2, 0) is 9.53 Å². The molecule has 4 aliphatic rings. The molecular formula is C34H57NO2. The number of likely N-dealkylation sites (N-methyl/N-ethyl adjacent to an activating group) is 1. The second-order valence-corrected chi connectivity index (χ2v) is 14.5. The third-order valence-corrected chi connectivity index (χ3v) is 11.8. The number of fused-ring (bicyclic) bond motifs is 5. The molecule has 1 unspecified atom stereocenters. The van der Waals surface area contributed by atoms with Crippen molar-refractivity contribution in [1.29, 1.82) is 0 Å². The van der Waals surface area contributed by atoms with Gasteiger partial charge in [-0.1, -0.05) is 72.1 Å². The Hall–Kier alpha value is -1.09. The molecule has 4 rings (SSSR count). The Bertz CT molecular complexity index is 860. The van der Waals surface area contributed by atoms with E-state index in [0.717, 1.165) is 48.3 Å². The molecule has 0 spiro atoms. The van der Waals surface area contributed by atoms with Gasteiger partial charge < -0.3 is 9.64 Å². The molecule has 0 heterocycles. The van der Waals surface area contributed by atoms with Crippen molar-refractivity contribution in [3.05, 3.63) is 23.8 Å². The lowest BCUT2D eigenvalue weighted by atomic mass is 9.47. The van der Waals surface area contributed by atoms with Crippen molar-refractivity contribution >= 4 is 5.91 Å². The van der Waals surface area contributed by atoms with Gasteiger partial charge in [0.2, 0.25) is 5.91 Å². The monoisotopic (exact) mass is 511 g/mol. The Balaban J connectivity index is 1.36. The molecule has 1 amide bonds. The van der Waals surface area contributed by atoms with Gasteiger partial charge in [-0.25, -0.2) is 0 Å². The molecule has 3 saturated carbocycles. The number of carbonyl (C=O) groups is 1. The molecule has 0 aromatic rings. The highest BCUT2D eigenvalue weighted by Gasteiger charge is 2.59. The summed E-state index contributed by atoms with van der Waals surface area (Å²) >= 11 is 0. The van der Waals surface area contributed by atoms with E-state index >= 15 is 0 Å². The largest absolute Gasteiger partial charge is 0.376 e. The van der Waals surface area contributed by atoms with Gasteiger partial charge in [0.25, 0.3) is 0 Å². The quantitative estimate of drug-likeness (QED) is 0.217. The molecule has 37 heavy (non-hydrogen) atoms. The Morgan fingerprint density at radius 2 is 1.86 bits per heavy atom. The van der Waals surface area contributed by atoms with Crippen molar-refractivity contribution in [2.75, 3.05) is 20.2 Å². The predicted octanol–water partition coefficient (Wildman–Crippen LogP) is 8.45. The number of carbonyl (C=O) groups excluding carboxylic acids is 1. The average molecular weight is 512 g/mol. The highest BCUT2D eigenvalue weighted by molar-refractivity contribution is 5.91. The van der Waals surface area contributed by atoms with Crippen LogP contribution in [0.1, 0.15) is 112 Å². The standard InChI is InChI=1S/C34H57NO2/c1-23(2)10-9-11-25(5)29-14-15-30-28-13-12-26-22-27(37-21-20-35(8)32(36)24(3)4)16-18-33(26,6)31(28)17-19-34(29,30)7/h12,23,25,27-31H,3,9-11,13-22H2,1-2,4-8H3/t25-,27+,28+,29?,30+,31+,33+,34-/m1/s1. The van der Waals surface area contributed by atoms with Crippen molar-refractivity contribution in [2.45, 2.75) is 118 Å². The second kappa shape index (κ2) is 11.6. The van der Waals surface area contributed by atoms with E-state index in [1.54, 1.807) is 17.4 Å². The Labute approximate surface area is 228 Å². The fourth-order valence-corrected chi connectivity index (χ4v) is 9.58. The van der Waals surface area contributed by atoms with Gasteiger partial charge >= 0.3 is 0 Å². The topological polar surface area (TPSA) is 29.5 Å². The first-order chi connectivity index (χ1) is 17.5. The zero-order valence-corrected chi connectivity index (χ0v) is 25.3. The lowest BCUT2D eigenvalue weighted by Crippen LogP contribution is -2.51. The van der Waals surface area contributed by atoms with E-state index in [2.05, 4.69) is 47.3 Å². The van der Waals surface area contributed by atoms with E-state index < -0.39 is 0 Å². The van der Waals surface area contributed by atoms with Crippen molar-refractivity contribution in [1.82, 2.24) is 4.90 Å². The summed E-state index contributed by atoms with van der Waals surface area (Å²) in [6.45, 7) is 19.4. The molecule has 210 valence electrons. The summed E-state index contributed by atoms with van der Waals surface area (Å²) in [7, 11) is 1.85. The molecular weight excluding hydrogens is 454 g/mol. The minimum Gasteiger partial charge on any atom is -0.376 e. The number of ether oxygens (including phenoxy) is 1. The van der Waals surface area contributed by atoms with E-state index in [-0.39, 0.29) is 5.91 Å². The van der Waals surface area contributed by atoms with Crippen LogP contribution in [0.3, 0.4) is 0 Å². The first kappa shape index (κ1) is 28.9. The smallest absolute Gasteiger partial charge is 0.248 e. The zero-order chi connectivity index (χ0) is 27.0. The Morgan fingerprint density at radius 3 is 2.57 bits per heavy atom.